The van der Waals surface area contributed by atoms with E-state index in [2.05, 4.69) is 10.6 Å². The fourth-order valence-corrected chi connectivity index (χ4v) is 6.01. The minimum atomic E-state index is -3.91. The lowest BCUT2D eigenvalue weighted by molar-refractivity contribution is -0.119. The van der Waals surface area contributed by atoms with E-state index >= 15 is 0 Å². The van der Waals surface area contributed by atoms with E-state index in [-0.39, 0.29) is 28.5 Å². The van der Waals surface area contributed by atoms with Gasteiger partial charge in [0.05, 0.1) is 17.7 Å². The normalized spacial score (nSPS) is 13.3. The molecule has 0 unspecified atom stereocenters. The van der Waals surface area contributed by atoms with E-state index in [9.17, 15) is 22.4 Å². The number of anilines is 2. The van der Waals surface area contributed by atoms with Crippen LogP contribution in [0.3, 0.4) is 0 Å². The van der Waals surface area contributed by atoms with Crippen LogP contribution in [0.2, 0.25) is 0 Å². The zero-order chi connectivity index (χ0) is 32.6. The lowest BCUT2D eigenvalue weighted by Crippen LogP contribution is -2.50. The maximum absolute atomic E-state index is 13.7. The molecule has 0 aliphatic rings. The SMILES string of the molecule is COc1cc(C(=O)N[C@@H](Cc2ccccc2)[C@@H](N)C[C@@H](C)C(=O)Nc2ccc(F)cc2)cc(N(C)S(=O)(=O)c2ccccc2)c1. The van der Waals surface area contributed by atoms with Gasteiger partial charge in [0.15, 0.2) is 0 Å². The molecule has 4 aromatic carbocycles. The molecule has 0 heterocycles. The summed E-state index contributed by atoms with van der Waals surface area (Å²) in [5.41, 5.74) is 8.45. The molecule has 4 aromatic rings. The Bertz CT molecular complexity index is 1700. The third-order valence-electron chi connectivity index (χ3n) is 7.47. The van der Waals surface area contributed by atoms with E-state index in [1.807, 2.05) is 30.3 Å². The van der Waals surface area contributed by atoms with Crippen LogP contribution in [0.5, 0.6) is 5.75 Å². The van der Waals surface area contributed by atoms with Crippen LogP contribution >= 0.6 is 0 Å². The fraction of sp³-hybridized carbons (Fsp3) is 0.235. The highest BCUT2D eigenvalue weighted by Gasteiger charge is 2.27. The Kier molecular flexibility index (Phi) is 10.9. The first-order valence-corrected chi connectivity index (χ1v) is 15.8. The predicted molar refractivity (Wildman–Crippen MR) is 173 cm³/mol. The number of amides is 2. The van der Waals surface area contributed by atoms with Crippen LogP contribution < -0.4 is 25.4 Å². The molecule has 0 spiro atoms. The molecule has 0 aliphatic carbocycles. The molecule has 0 saturated carbocycles. The zero-order valence-electron chi connectivity index (χ0n) is 25.3. The number of sulfonamides is 1. The van der Waals surface area contributed by atoms with Crippen molar-refractivity contribution in [2.45, 2.75) is 36.7 Å². The maximum Gasteiger partial charge on any atom is 0.264 e. The molecule has 2 amide bonds. The van der Waals surface area contributed by atoms with Crippen molar-refractivity contribution in [1.29, 1.82) is 0 Å². The number of nitrogens with two attached hydrogens (primary N) is 1. The zero-order valence-corrected chi connectivity index (χ0v) is 26.1. The first-order valence-electron chi connectivity index (χ1n) is 14.4. The van der Waals surface area contributed by atoms with Crippen molar-refractivity contribution in [3.8, 4) is 5.75 Å². The van der Waals surface area contributed by atoms with Gasteiger partial charge < -0.3 is 21.1 Å². The second kappa shape index (κ2) is 14.8. The summed E-state index contributed by atoms with van der Waals surface area (Å²) in [5.74, 6) is -1.42. The number of benzene rings is 4. The van der Waals surface area contributed by atoms with Gasteiger partial charge in [0, 0.05) is 42.4 Å². The van der Waals surface area contributed by atoms with Gasteiger partial charge in [0.2, 0.25) is 5.91 Å². The highest BCUT2D eigenvalue weighted by atomic mass is 32.2. The van der Waals surface area contributed by atoms with Crippen molar-refractivity contribution in [3.63, 3.8) is 0 Å². The molecule has 4 N–H and O–H groups in total. The molecular weight excluding hydrogens is 595 g/mol. The molecule has 0 bridgehead atoms. The van der Waals surface area contributed by atoms with Gasteiger partial charge in [-0.05, 0) is 66.9 Å². The molecular formula is C34H37FN4O5S. The van der Waals surface area contributed by atoms with E-state index in [0.717, 1.165) is 9.87 Å². The molecule has 4 rings (SSSR count). The van der Waals surface area contributed by atoms with Gasteiger partial charge in [-0.15, -0.1) is 0 Å². The van der Waals surface area contributed by atoms with Crippen LogP contribution in [-0.2, 0) is 21.2 Å². The summed E-state index contributed by atoms with van der Waals surface area (Å²) in [6, 6.07) is 26.3. The van der Waals surface area contributed by atoms with Crippen LogP contribution in [0.1, 0.15) is 29.3 Å². The van der Waals surface area contributed by atoms with E-state index in [1.165, 1.54) is 68.8 Å². The maximum atomic E-state index is 13.7. The smallest absolute Gasteiger partial charge is 0.264 e. The van der Waals surface area contributed by atoms with Crippen molar-refractivity contribution < 1.29 is 27.1 Å². The first kappa shape index (κ1) is 33.2. The average Bonchev–Trinajstić information content (AvgIpc) is 3.05. The summed E-state index contributed by atoms with van der Waals surface area (Å²) < 4.78 is 46.4. The Morgan fingerprint density at radius 2 is 1.56 bits per heavy atom. The van der Waals surface area contributed by atoms with Crippen LogP contribution in [-0.4, -0.2) is 46.5 Å². The van der Waals surface area contributed by atoms with Crippen LogP contribution in [0.25, 0.3) is 0 Å². The van der Waals surface area contributed by atoms with E-state index in [1.54, 1.807) is 25.1 Å². The van der Waals surface area contributed by atoms with Gasteiger partial charge in [-0.3, -0.25) is 13.9 Å². The topological polar surface area (TPSA) is 131 Å². The van der Waals surface area contributed by atoms with Crippen LogP contribution in [0.4, 0.5) is 15.8 Å². The van der Waals surface area contributed by atoms with Crippen molar-refractivity contribution in [2.24, 2.45) is 11.7 Å². The number of carbonyl (C=O) groups excluding carboxylic acids is 2. The lowest BCUT2D eigenvalue weighted by atomic mass is 9.92. The Morgan fingerprint density at radius 3 is 2.18 bits per heavy atom. The minimum absolute atomic E-state index is 0.104. The Balaban J connectivity index is 1.55. The van der Waals surface area contributed by atoms with Gasteiger partial charge in [-0.1, -0.05) is 55.5 Å². The second-order valence-corrected chi connectivity index (χ2v) is 12.7. The average molecular weight is 633 g/mol. The predicted octanol–water partition coefficient (Wildman–Crippen LogP) is 4.99. The Hall–Kier alpha value is -4.74. The number of rotatable bonds is 13. The molecule has 0 radical (unpaired) electrons. The van der Waals surface area contributed by atoms with Gasteiger partial charge >= 0.3 is 0 Å². The van der Waals surface area contributed by atoms with E-state index in [0.29, 0.717) is 17.9 Å². The third-order valence-corrected chi connectivity index (χ3v) is 9.27. The number of carbonyl (C=O) groups is 2. The highest BCUT2D eigenvalue weighted by Crippen LogP contribution is 2.28. The molecule has 0 aromatic heterocycles. The number of hydrogen-bond donors (Lipinski definition) is 3. The van der Waals surface area contributed by atoms with Crippen molar-refractivity contribution in [2.75, 3.05) is 23.8 Å². The van der Waals surface area contributed by atoms with Crippen molar-refractivity contribution in [3.05, 3.63) is 120 Å². The molecule has 236 valence electrons. The van der Waals surface area contributed by atoms with Crippen LogP contribution in [0.15, 0.2) is 108 Å². The molecule has 11 heteroatoms. The third kappa shape index (κ3) is 8.68. The molecule has 0 saturated heterocycles. The van der Waals surface area contributed by atoms with Gasteiger partial charge in [-0.25, -0.2) is 12.8 Å². The van der Waals surface area contributed by atoms with Crippen molar-refractivity contribution >= 4 is 33.2 Å². The Morgan fingerprint density at radius 1 is 0.933 bits per heavy atom. The number of nitrogens with zero attached hydrogens (tertiary/aromatic N) is 1. The van der Waals surface area contributed by atoms with Crippen molar-refractivity contribution in [1.82, 2.24) is 5.32 Å². The molecule has 0 aliphatic heterocycles. The van der Waals surface area contributed by atoms with Gasteiger partial charge in [0.1, 0.15) is 11.6 Å². The molecule has 9 nitrogen and oxygen atoms in total. The summed E-state index contributed by atoms with van der Waals surface area (Å²) in [5, 5.41) is 5.78. The number of ether oxygens (including phenoxy) is 1. The molecule has 45 heavy (non-hydrogen) atoms. The number of methoxy groups -OCH3 is 1. The van der Waals surface area contributed by atoms with Crippen LogP contribution in [0, 0.1) is 11.7 Å². The van der Waals surface area contributed by atoms with Gasteiger partial charge in [-0.2, -0.15) is 0 Å². The highest BCUT2D eigenvalue weighted by molar-refractivity contribution is 7.92. The minimum Gasteiger partial charge on any atom is -0.497 e. The summed E-state index contributed by atoms with van der Waals surface area (Å²) in [7, 11) is -1.08. The number of hydrogen-bond acceptors (Lipinski definition) is 6. The Labute approximate surface area is 263 Å². The quantitative estimate of drug-likeness (QED) is 0.190. The standard InChI is InChI=1S/C34H37FN4O5S/c1-23(33(40)37-27-16-14-26(35)15-17-27)18-31(36)32(19-24-10-6-4-7-11-24)38-34(41)25-20-28(22-29(21-25)44-3)39(2)45(42,43)30-12-8-5-9-13-30/h4-17,20-23,31-32H,18-19,36H2,1-3H3,(H,37,40)(H,38,41)/t23-,31+,32+/m1/s1. The molecule has 0 fully saturated rings. The second-order valence-electron chi connectivity index (χ2n) is 10.8. The first-order chi connectivity index (χ1) is 21.5. The summed E-state index contributed by atoms with van der Waals surface area (Å²) in [4.78, 5) is 26.7. The van der Waals surface area contributed by atoms with Gasteiger partial charge in [0.25, 0.3) is 15.9 Å². The monoisotopic (exact) mass is 632 g/mol. The summed E-state index contributed by atoms with van der Waals surface area (Å²) >= 11 is 0. The number of halogens is 1. The van der Waals surface area contributed by atoms with E-state index in [4.69, 9.17) is 10.5 Å². The van der Waals surface area contributed by atoms with E-state index < -0.39 is 39.7 Å². The number of nitrogens with one attached hydrogen (secondary N) is 2. The summed E-state index contributed by atoms with van der Waals surface area (Å²) in [6.45, 7) is 1.73. The molecule has 3 atom stereocenters. The lowest BCUT2D eigenvalue weighted by Gasteiger charge is -2.28. The fourth-order valence-electron chi connectivity index (χ4n) is 4.81. The summed E-state index contributed by atoms with van der Waals surface area (Å²) in [6.07, 6.45) is 0.630. The largest absolute Gasteiger partial charge is 0.497 e.